The number of ether oxygens (including phenoxy) is 1. The molecule has 0 aromatic heterocycles. The smallest absolute Gasteiger partial charge is 0.485 e. The third-order valence-corrected chi connectivity index (χ3v) is 6.39. The topological polar surface area (TPSA) is 86.7 Å². The van der Waals surface area contributed by atoms with Gasteiger partial charge in [0, 0.05) is 16.3 Å². The van der Waals surface area contributed by atoms with Crippen LogP contribution >= 0.6 is 0 Å². The molecular formula is C16H19F3O5S2. The van der Waals surface area contributed by atoms with Crippen molar-refractivity contribution in [2.24, 2.45) is 0 Å². The van der Waals surface area contributed by atoms with Gasteiger partial charge in [-0.1, -0.05) is 6.07 Å². The summed E-state index contributed by atoms with van der Waals surface area (Å²) < 4.78 is 64.3. The third-order valence-electron chi connectivity index (χ3n) is 3.45. The number of benzene rings is 2. The molecule has 2 aromatic rings. The largest absolute Gasteiger partial charge is 0.741 e. The lowest BCUT2D eigenvalue weighted by atomic mass is 10.1. The lowest BCUT2D eigenvalue weighted by molar-refractivity contribution is -0.0517. The van der Waals surface area contributed by atoms with Crippen LogP contribution in [0.1, 0.15) is 13.8 Å². The van der Waals surface area contributed by atoms with Gasteiger partial charge in [0.2, 0.25) is 0 Å². The molecule has 0 radical (unpaired) electrons. The zero-order valence-corrected chi connectivity index (χ0v) is 16.0. The summed E-state index contributed by atoms with van der Waals surface area (Å²) in [5, 5.41) is 12.0. The molecule has 0 spiro atoms. The van der Waals surface area contributed by atoms with Gasteiger partial charge in [0.15, 0.2) is 15.0 Å². The molecule has 0 amide bonds. The molecule has 0 unspecified atom stereocenters. The van der Waals surface area contributed by atoms with Gasteiger partial charge < -0.3 is 14.4 Å². The van der Waals surface area contributed by atoms with Gasteiger partial charge >= 0.3 is 5.51 Å². The number of aromatic hydroxyl groups is 1. The van der Waals surface area contributed by atoms with E-state index >= 15 is 0 Å². The monoisotopic (exact) mass is 412 g/mol. The first-order chi connectivity index (χ1) is 12.0. The highest BCUT2D eigenvalue weighted by Crippen LogP contribution is 2.37. The van der Waals surface area contributed by atoms with Gasteiger partial charge in [0.05, 0.1) is 12.5 Å². The Kier molecular flexibility index (Phi) is 7.60. The van der Waals surface area contributed by atoms with E-state index in [1.54, 1.807) is 13.2 Å². The summed E-state index contributed by atoms with van der Waals surface area (Å²) in [5.41, 5.74) is -5.65. The molecule has 2 aromatic carbocycles. The van der Waals surface area contributed by atoms with E-state index in [1.807, 2.05) is 12.1 Å². The molecule has 0 fully saturated rings. The molecule has 26 heavy (non-hydrogen) atoms. The number of hydrogen-bond acceptors (Lipinski definition) is 5. The molecule has 0 bridgehead atoms. The first-order valence-electron chi connectivity index (χ1n) is 7.46. The minimum absolute atomic E-state index is 0.238. The maximum atomic E-state index is 10.7. The Bertz CT molecular complexity index is 847. The standard InChI is InChI=1S/C15H18O2S.CHF3O3S/c1-4-18(5-2)14-10-9-13(17-3)15-11(14)7-6-8-12(15)16;2-1(3,4)8(5,6)7/h6-10H,4-5H2,1-3H3;(H,5,6,7). The Hall–Kier alpha value is -1.65. The van der Waals surface area contributed by atoms with E-state index in [2.05, 4.69) is 26.0 Å². The minimum Gasteiger partial charge on any atom is -0.741 e. The zero-order chi connectivity index (χ0) is 20.1. The summed E-state index contributed by atoms with van der Waals surface area (Å²) in [7, 11) is -4.21. The number of hydrogen-bond donors (Lipinski definition) is 1. The van der Waals surface area contributed by atoms with Gasteiger partial charge in [-0.15, -0.1) is 0 Å². The van der Waals surface area contributed by atoms with Crippen molar-refractivity contribution >= 4 is 31.8 Å². The Morgan fingerprint density at radius 3 is 2.12 bits per heavy atom. The molecule has 0 saturated carbocycles. The Morgan fingerprint density at radius 1 is 1.15 bits per heavy atom. The fourth-order valence-electron chi connectivity index (χ4n) is 2.27. The maximum absolute atomic E-state index is 10.7. The summed E-state index contributed by atoms with van der Waals surface area (Å²) in [4.78, 5) is 1.33. The molecule has 0 atom stereocenters. The molecule has 2 rings (SSSR count). The summed E-state index contributed by atoms with van der Waals surface area (Å²) in [6.07, 6.45) is 0. The van der Waals surface area contributed by atoms with Crippen LogP contribution in [0.5, 0.6) is 11.5 Å². The molecule has 0 aliphatic heterocycles. The first-order valence-corrected chi connectivity index (χ1v) is 10.4. The van der Waals surface area contributed by atoms with Crippen molar-refractivity contribution in [1.82, 2.24) is 0 Å². The van der Waals surface area contributed by atoms with E-state index in [0.29, 0.717) is 5.75 Å². The molecular weight excluding hydrogens is 393 g/mol. The van der Waals surface area contributed by atoms with Crippen LogP contribution in [0.4, 0.5) is 13.2 Å². The first kappa shape index (κ1) is 22.4. The minimum atomic E-state index is -6.09. The average Bonchev–Trinajstić information content (AvgIpc) is 2.55. The van der Waals surface area contributed by atoms with E-state index in [1.165, 1.54) is 4.90 Å². The molecule has 0 saturated heterocycles. The van der Waals surface area contributed by atoms with Gasteiger partial charge in [-0.05, 0) is 38.1 Å². The van der Waals surface area contributed by atoms with Crippen molar-refractivity contribution in [2.75, 3.05) is 18.6 Å². The summed E-state index contributed by atoms with van der Waals surface area (Å²) >= 11 is 0. The van der Waals surface area contributed by atoms with E-state index in [0.717, 1.165) is 28.0 Å². The number of methoxy groups -OCH3 is 1. The highest BCUT2D eigenvalue weighted by atomic mass is 32.2. The van der Waals surface area contributed by atoms with Gasteiger partial charge in [-0.25, -0.2) is 8.42 Å². The number of alkyl halides is 3. The number of phenolic OH excluding ortho intramolecular Hbond substituents is 1. The molecule has 146 valence electrons. The van der Waals surface area contributed by atoms with Crippen LogP contribution in [0.2, 0.25) is 0 Å². The number of fused-ring (bicyclic) bond motifs is 1. The Balaban J connectivity index is 0.000000359. The van der Waals surface area contributed by atoms with Gasteiger partial charge in [-0.2, -0.15) is 13.2 Å². The van der Waals surface area contributed by atoms with E-state index < -0.39 is 15.6 Å². The van der Waals surface area contributed by atoms with Gasteiger partial charge in [0.25, 0.3) is 0 Å². The molecule has 0 aliphatic carbocycles. The van der Waals surface area contributed by atoms with Crippen LogP contribution in [0.3, 0.4) is 0 Å². The van der Waals surface area contributed by atoms with E-state index in [-0.39, 0.29) is 10.9 Å². The number of rotatable bonds is 4. The van der Waals surface area contributed by atoms with E-state index in [4.69, 9.17) is 17.7 Å². The Labute approximate surface area is 152 Å². The van der Waals surface area contributed by atoms with Crippen LogP contribution in [0.25, 0.3) is 10.8 Å². The van der Waals surface area contributed by atoms with Crippen molar-refractivity contribution in [3.05, 3.63) is 30.3 Å². The number of phenols is 1. The lowest BCUT2D eigenvalue weighted by Crippen LogP contribution is -2.21. The van der Waals surface area contributed by atoms with Crippen molar-refractivity contribution in [1.29, 1.82) is 0 Å². The number of halogens is 3. The predicted octanol–water partition coefficient (Wildman–Crippen LogP) is 3.62. The van der Waals surface area contributed by atoms with Gasteiger partial charge in [0.1, 0.15) is 23.0 Å². The molecule has 5 nitrogen and oxygen atoms in total. The second-order valence-electron chi connectivity index (χ2n) is 4.94. The van der Waals surface area contributed by atoms with Crippen molar-refractivity contribution in [3.63, 3.8) is 0 Å². The van der Waals surface area contributed by atoms with Gasteiger partial charge in [-0.3, -0.25) is 0 Å². The van der Waals surface area contributed by atoms with Crippen molar-refractivity contribution in [3.8, 4) is 11.5 Å². The van der Waals surface area contributed by atoms with Crippen molar-refractivity contribution < 1.29 is 36.0 Å². The zero-order valence-electron chi connectivity index (χ0n) is 14.3. The maximum Gasteiger partial charge on any atom is 0.485 e. The molecule has 0 heterocycles. The normalized spacial score (nSPS) is 12.0. The van der Waals surface area contributed by atoms with Crippen LogP contribution in [-0.2, 0) is 21.0 Å². The fraction of sp³-hybridized carbons (Fsp3) is 0.375. The predicted molar refractivity (Wildman–Crippen MR) is 94.6 cm³/mol. The summed E-state index contributed by atoms with van der Waals surface area (Å²) in [5.74, 6) is 3.30. The molecule has 0 aliphatic rings. The highest BCUT2D eigenvalue weighted by Gasteiger charge is 2.36. The molecule has 1 N–H and O–H groups in total. The Morgan fingerprint density at radius 2 is 1.69 bits per heavy atom. The highest BCUT2D eigenvalue weighted by molar-refractivity contribution is 7.97. The van der Waals surface area contributed by atoms with Crippen LogP contribution in [0, 0.1) is 0 Å². The fourth-order valence-corrected chi connectivity index (χ4v) is 4.04. The van der Waals surface area contributed by atoms with E-state index in [9.17, 15) is 18.3 Å². The van der Waals surface area contributed by atoms with Crippen LogP contribution < -0.4 is 4.74 Å². The van der Waals surface area contributed by atoms with Crippen LogP contribution in [-0.4, -0.2) is 42.2 Å². The molecule has 10 heteroatoms. The third kappa shape index (κ3) is 5.18. The summed E-state index contributed by atoms with van der Waals surface area (Å²) in [6.45, 7) is 4.43. The summed E-state index contributed by atoms with van der Waals surface area (Å²) in [6, 6.07) is 9.77. The second kappa shape index (κ2) is 8.83. The average molecular weight is 412 g/mol. The lowest BCUT2D eigenvalue weighted by Gasteiger charge is -2.11. The second-order valence-corrected chi connectivity index (χ2v) is 8.89. The van der Waals surface area contributed by atoms with Crippen LogP contribution in [0.15, 0.2) is 35.2 Å². The quantitative estimate of drug-likeness (QED) is 0.471. The van der Waals surface area contributed by atoms with Crippen molar-refractivity contribution in [2.45, 2.75) is 24.3 Å². The SMILES string of the molecule is CC[S+](CC)c1ccc(OC)c2c(O)cccc12.O=S(=O)([O-])C(F)(F)F.